The van der Waals surface area contributed by atoms with Crippen LogP contribution < -0.4 is 5.32 Å². The number of sulfone groups is 1. The molecule has 0 aromatic heterocycles. The molecule has 8 heteroatoms. The number of hydrogen-bond acceptors (Lipinski definition) is 4. The number of hydrogen-bond donors (Lipinski definition) is 1. The predicted molar refractivity (Wildman–Crippen MR) is 78.9 cm³/mol. The first-order chi connectivity index (χ1) is 10.8. The van der Waals surface area contributed by atoms with Gasteiger partial charge in [0.1, 0.15) is 23.4 Å². The first-order valence-electron chi connectivity index (χ1n) is 7.19. The molecule has 1 atom stereocenters. The van der Waals surface area contributed by atoms with Gasteiger partial charge in [-0.05, 0) is 18.9 Å². The van der Waals surface area contributed by atoms with E-state index in [1.165, 1.54) is 0 Å². The topological polar surface area (TPSA) is 87.0 Å². The van der Waals surface area contributed by atoms with Crippen LogP contribution in [0.1, 0.15) is 37.3 Å². The van der Waals surface area contributed by atoms with Crippen LogP contribution in [0.3, 0.4) is 0 Å². The Morgan fingerprint density at radius 1 is 1.35 bits per heavy atom. The molecule has 0 bridgehead atoms. The molecule has 0 saturated heterocycles. The van der Waals surface area contributed by atoms with E-state index >= 15 is 0 Å². The Balaban J connectivity index is 2.07. The lowest BCUT2D eigenvalue weighted by Gasteiger charge is -2.15. The van der Waals surface area contributed by atoms with Gasteiger partial charge in [-0.2, -0.15) is 5.26 Å². The monoisotopic (exact) mass is 342 g/mol. The molecule has 5 nitrogen and oxygen atoms in total. The molecular formula is C15H16F2N2O3S. The zero-order valence-corrected chi connectivity index (χ0v) is 13.1. The van der Waals surface area contributed by atoms with E-state index in [1.54, 1.807) is 6.07 Å². The molecule has 0 heterocycles. The largest absolute Gasteiger partial charge is 0.336 e. The van der Waals surface area contributed by atoms with Crippen molar-refractivity contribution < 1.29 is 22.0 Å². The summed E-state index contributed by atoms with van der Waals surface area (Å²) in [5, 5.41) is 10.7. The van der Waals surface area contributed by atoms with E-state index in [1.807, 2.05) is 0 Å². The summed E-state index contributed by atoms with van der Waals surface area (Å²) in [6.45, 7) is 0. The molecule has 1 saturated carbocycles. The third-order valence-corrected chi connectivity index (χ3v) is 6.00. The highest BCUT2D eigenvalue weighted by Crippen LogP contribution is 2.25. The average Bonchev–Trinajstić information content (AvgIpc) is 3.00. The summed E-state index contributed by atoms with van der Waals surface area (Å²) >= 11 is 0. The van der Waals surface area contributed by atoms with Crippen LogP contribution in [-0.4, -0.2) is 25.3 Å². The third-order valence-electron chi connectivity index (χ3n) is 3.85. The highest BCUT2D eigenvalue weighted by molar-refractivity contribution is 7.92. The molecule has 1 aliphatic carbocycles. The average molecular weight is 342 g/mol. The van der Waals surface area contributed by atoms with Gasteiger partial charge in [-0.15, -0.1) is 0 Å². The summed E-state index contributed by atoms with van der Waals surface area (Å²) in [5.74, 6) is -3.39. The molecule has 1 amide bonds. The Morgan fingerprint density at radius 3 is 2.57 bits per heavy atom. The van der Waals surface area contributed by atoms with E-state index in [-0.39, 0.29) is 5.56 Å². The predicted octanol–water partition coefficient (Wildman–Crippen LogP) is 2.00. The maximum absolute atomic E-state index is 13.7. The molecule has 1 unspecified atom stereocenters. The molecule has 2 rings (SSSR count). The van der Waals surface area contributed by atoms with Gasteiger partial charge in [0, 0.05) is 11.6 Å². The van der Waals surface area contributed by atoms with Gasteiger partial charge in [-0.25, -0.2) is 17.2 Å². The molecule has 124 valence electrons. The summed E-state index contributed by atoms with van der Waals surface area (Å²) < 4.78 is 50.7. The smallest absolute Gasteiger partial charge is 0.236 e. The summed E-state index contributed by atoms with van der Waals surface area (Å²) in [6, 6.07) is 2.91. The van der Waals surface area contributed by atoms with Crippen molar-refractivity contribution in [3.8, 4) is 6.07 Å². The fourth-order valence-corrected chi connectivity index (χ4v) is 4.40. The molecule has 1 N–H and O–H groups in total. The number of carbonyl (C=O) groups is 1. The lowest BCUT2D eigenvalue weighted by molar-refractivity contribution is -0.119. The van der Waals surface area contributed by atoms with Crippen molar-refractivity contribution in [2.75, 3.05) is 5.75 Å². The van der Waals surface area contributed by atoms with Crippen LogP contribution in [0, 0.1) is 23.0 Å². The van der Waals surface area contributed by atoms with Gasteiger partial charge in [0.2, 0.25) is 5.91 Å². The van der Waals surface area contributed by atoms with Crippen LogP contribution in [-0.2, 0) is 14.6 Å². The van der Waals surface area contributed by atoms with Gasteiger partial charge in [0.05, 0.1) is 11.3 Å². The quantitative estimate of drug-likeness (QED) is 0.887. The zero-order chi connectivity index (χ0) is 17.0. The van der Waals surface area contributed by atoms with Crippen molar-refractivity contribution >= 4 is 15.7 Å². The Kier molecular flexibility index (Phi) is 5.31. The molecular weight excluding hydrogens is 326 g/mol. The van der Waals surface area contributed by atoms with Crippen LogP contribution in [0.25, 0.3) is 0 Å². The molecule has 0 radical (unpaired) electrons. The Bertz CT molecular complexity index is 738. The number of halogens is 2. The minimum Gasteiger partial charge on any atom is -0.336 e. The first-order valence-corrected chi connectivity index (χ1v) is 8.90. The van der Waals surface area contributed by atoms with Crippen LogP contribution >= 0.6 is 0 Å². The van der Waals surface area contributed by atoms with Crippen molar-refractivity contribution in [2.24, 2.45) is 0 Å². The normalized spacial score (nSPS) is 16.7. The Morgan fingerprint density at radius 2 is 2.00 bits per heavy atom. The minimum atomic E-state index is -3.59. The molecule has 0 aliphatic heterocycles. The van der Waals surface area contributed by atoms with Crippen molar-refractivity contribution in [3.05, 3.63) is 35.4 Å². The molecule has 1 aliphatic rings. The lowest BCUT2D eigenvalue weighted by Crippen LogP contribution is -2.36. The second-order valence-electron chi connectivity index (χ2n) is 5.51. The van der Waals surface area contributed by atoms with Crippen LogP contribution in [0.15, 0.2) is 18.2 Å². The van der Waals surface area contributed by atoms with E-state index in [0.29, 0.717) is 18.9 Å². The Labute approximate surface area is 133 Å². The molecule has 1 aromatic carbocycles. The minimum absolute atomic E-state index is 0.208. The van der Waals surface area contributed by atoms with E-state index in [4.69, 9.17) is 5.26 Å². The number of nitriles is 1. The van der Waals surface area contributed by atoms with Crippen molar-refractivity contribution in [2.45, 2.75) is 37.0 Å². The number of rotatable bonds is 5. The van der Waals surface area contributed by atoms with Crippen LogP contribution in [0.2, 0.25) is 0 Å². The number of amides is 1. The highest BCUT2D eigenvalue weighted by atomic mass is 32.2. The van der Waals surface area contributed by atoms with Gasteiger partial charge >= 0.3 is 0 Å². The number of nitrogens with one attached hydrogen (secondary N) is 1. The standard InChI is InChI=1S/C15H16F2N2O3S/c16-10-5-6-12(13(17)7-10)14(8-18)19-15(20)9-23(21,22)11-3-1-2-4-11/h5-7,11,14H,1-4,9H2,(H,19,20). The van der Waals surface area contributed by atoms with Crippen molar-refractivity contribution in [1.29, 1.82) is 5.26 Å². The van der Waals surface area contributed by atoms with Gasteiger partial charge in [-0.1, -0.05) is 18.9 Å². The van der Waals surface area contributed by atoms with E-state index in [2.05, 4.69) is 5.32 Å². The van der Waals surface area contributed by atoms with Crippen LogP contribution in [0.4, 0.5) is 8.78 Å². The molecule has 0 spiro atoms. The fourth-order valence-electron chi connectivity index (χ4n) is 2.67. The number of benzene rings is 1. The maximum Gasteiger partial charge on any atom is 0.236 e. The summed E-state index contributed by atoms with van der Waals surface area (Å²) in [7, 11) is -3.59. The van der Waals surface area contributed by atoms with E-state index in [0.717, 1.165) is 25.0 Å². The van der Waals surface area contributed by atoms with Gasteiger partial charge < -0.3 is 5.32 Å². The SMILES string of the molecule is N#CC(NC(=O)CS(=O)(=O)C1CCCC1)c1ccc(F)cc1F. The molecule has 23 heavy (non-hydrogen) atoms. The number of nitrogens with zero attached hydrogens (tertiary/aromatic N) is 1. The van der Waals surface area contributed by atoms with E-state index in [9.17, 15) is 22.0 Å². The molecule has 1 fully saturated rings. The number of carbonyl (C=O) groups excluding carboxylic acids is 1. The lowest BCUT2D eigenvalue weighted by atomic mass is 10.1. The second-order valence-corrected chi connectivity index (χ2v) is 7.79. The van der Waals surface area contributed by atoms with Gasteiger partial charge in [0.15, 0.2) is 9.84 Å². The Hall–Kier alpha value is -2.01. The molecule has 1 aromatic rings. The maximum atomic E-state index is 13.7. The third kappa shape index (κ3) is 4.26. The van der Waals surface area contributed by atoms with Crippen molar-refractivity contribution in [3.63, 3.8) is 0 Å². The summed E-state index contributed by atoms with van der Waals surface area (Å²) in [4.78, 5) is 11.9. The van der Waals surface area contributed by atoms with Crippen LogP contribution in [0.5, 0.6) is 0 Å². The second kappa shape index (κ2) is 7.04. The first kappa shape index (κ1) is 17.3. The van der Waals surface area contributed by atoms with Gasteiger partial charge in [-0.3, -0.25) is 4.79 Å². The fraction of sp³-hybridized carbons (Fsp3) is 0.467. The van der Waals surface area contributed by atoms with Crippen molar-refractivity contribution in [1.82, 2.24) is 5.32 Å². The van der Waals surface area contributed by atoms with Gasteiger partial charge in [0.25, 0.3) is 0 Å². The highest BCUT2D eigenvalue weighted by Gasteiger charge is 2.31. The summed E-state index contributed by atoms with van der Waals surface area (Å²) in [6.07, 6.45) is 2.69. The van der Waals surface area contributed by atoms with E-state index < -0.39 is 44.4 Å². The summed E-state index contributed by atoms with van der Waals surface area (Å²) in [5.41, 5.74) is -0.208. The zero-order valence-electron chi connectivity index (χ0n) is 12.3.